The van der Waals surface area contributed by atoms with Crippen LogP contribution >= 0.6 is 0 Å². The van der Waals surface area contributed by atoms with Gasteiger partial charge >= 0.3 is 0 Å². The molecule has 0 aromatic carbocycles. The molecule has 3 nitrogen and oxygen atoms in total. The highest BCUT2D eigenvalue weighted by Crippen LogP contribution is 2.24. The molecule has 1 heterocycles. The van der Waals surface area contributed by atoms with Crippen LogP contribution in [0.25, 0.3) is 0 Å². The van der Waals surface area contributed by atoms with E-state index in [9.17, 15) is 4.79 Å². The Morgan fingerprint density at radius 3 is 2.90 bits per heavy atom. The van der Waals surface area contributed by atoms with Crippen molar-refractivity contribution in [3.63, 3.8) is 0 Å². The van der Waals surface area contributed by atoms with Gasteiger partial charge in [0.05, 0.1) is 6.07 Å². The molecule has 10 heavy (non-hydrogen) atoms. The molecule has 1 amide bonds. The molecule has 0 spiro atoms. The lowest BCUT2D eigenvalue weighted by molar-refractivity contribution is -0.129. The maximum absolute atomic E-state index is 11.0. The molecule has 3 heteroatoms. The zero-order valence-corrected chi connectivity index (χ0v) is 5.98. The first-order valence-corrected chi connectivity index (χ1v) is 3.38. The van der Waals surface area contributed by atoms with Crippen molar-refractivity contribution in [3.05, 3.63) is 0 Å². The Balaban J connectivity index is 2.75. The second-order valence-electron chi connectivity index (χ2n) is 2.80. The molecule has 1 N–H and O–H groups in total. The predicted octanol–water partition coefficient (Wildman–Crippen LogP) is 0.426. The van der Waals surface area contributed by atoms with Crippen molar-refractivity contribution in [1.82, 2.24) is 5.32 Å². The van der Waals surface area contributed by atoms with E-state index in [-0.39, 0.29) is 5.91 Å². The lowest BCUT2D eigenvalue weighted by atomic mass is 9.84. The molecule has 0 radical (unpaired) electrons. The van der Waals surface area contributed by atoms with Crippen LogP contribution in [-0.2, 0) is 4.79 Å². The second-order valence-corrected chi connectivity index (χ2v) is 2.80. The third-order valence-electron chi connectivity index (χ3n) is 1.89. The van der Waals surface area contributed by atoms with Crippen LogP contribution in [0.3, 0.4) is 0 Å². The largest absolute Gasteiger partial charge is 0.355 e. The fourth-order valence-electron chi connectivity index (χ4n) is 1.06. The number of piperidine rings is 1. The molecule has 54 valence electrons. The van der Waals surface area contributed by atoms with Crippen LogP contribution in [0.2, 0.25) is 0 Å². The first-order valence-electron chi connectivity index (χ1n) is 3.38. The first-order chi connectivity index (χ1) is 4.69. The van der Waals surface area contributed by atoms with Crippen LogP contribution < -0.4 is 5.32 Å². The van der Waals surface area contributed by atoms with Crippen molar-refractivity contribution >= 4 is 5.91 Å². The van der Waals surface area contributed by atoms with Crippen molar-refractivity contribution < 1.29 is 4.79 Å². The van der Waals surface area contributed by atoms with E-state index in [1.54, 1.807) is 6.92 Å². The normalized spacial score (nSPS) is 32.6. The molecular formula is C7H10N2O. The Labute approximate surface area is 60.0 Å². The van der Waals surface area contributed by atoms with Gasteiger partial charge < -0.3 is 5.32 Å². The summed E-state index contributed by atoms with van der Waals surface area (Å²) in [6.45, 7) is 2.40. The predicted molar refractivity (Wildman–Crippen MR) is 36.0 cm³/mol. The van der Waals surface area contributed by atoms with Crippen molar-refractivity contribution in [1.29, 1.82) is 5.26 Å². The number of rotatable bonds is 0. The van der Waals surface area contributed by atoms with Gasteiger partial charge in [0.25, 0.3) is 0 Å². The maximum Gasteiger partial charge on any atom is 0.240 e. The van der Waals surface area contributed by atoms with Crippen molar-refractivity contribution in [2.45, 2.75) is 19.8 Å². The summed E-state index contributed by atoms with van der Waals surface area (Å²) < 4.78 is 0. The van der Waals surface area contributed by atoms with Crippen LogP contribution in [0, 0.1) is 16.7 Å². The molecule has 0 saturated carbocycles. The van der Waals surface area contributed by atoms with Gasteiger partial charge in [-0.25, -0.2) is 0 Å². The zero-order chi connectivity index (χ0) is 7.61. The summed E-state index contributed by atoms with van der Waals surface area (Å²) in [6, 6.07) is 2.02. The SMILES string of the molecule is CC1(C#N)CCCNC1=O. The number of amides is 1. The molecule has 0 aliphatic carbocycles. The lowest BCUT2D eigenvalue weighted by Crippen LogP contribution is -2.43. The first kappa shape index (κ1) is 7.07. The highest BCUT2D eigenvalue weighted by molar-refractivity contribution is 5.85. The van der Waals surface area contributed by atoms with Crippen LogP contribution in [0.15, 0.2) is 0 Å². The van der Waals surface area contributed by atoms with Crippen LogP contribution in [0.5, 0.6) is 0 Å². The van der Waals surface area contributed by atoms with Gasteiger partial charge in [0.1, 0.15) is 5.41 Å². The summed E-state index contributed by atoms with van der Waals surface area (Å²) >= 11 is 0. The van der Waals surface area contributed by atoms with Crippen LogP contribution in [-0.4, -0.2) is 12.5 Å². The van der Waals surface area contributed by atoms with Gasteiger partial charge in [0, 0.05) is 6.54 Å². The molecule has 1 aliphatic rings. The van der Waals surface area contributed by atoms with Gasteiger partial charge in [-0.15, -0.1) is 0 Å². The van der Waals surface area contributed by atoms with Gasteiger partial charge in [0.2, 0.25) is 5.91 Å². The molecule has 1 aliphatic heterocycles. The van der Waals surface area contributed by atoms with E-state index in [1.165, 1.54) is 0 Å². The van der Waals surface area contributed by atoms with E-state index in [0.717, 1.165) is 13.0 Å². The average molecular weight is 138 g/mol. The molecular weight excluding hydrogens is 128 g/mol. The number of carbonyl (C=O) groups excluding carboxylic acids is 1. The Hall–Kier alpha value is -1.04. The highest BCUT2D eigenvalue weighted by Gasteiger charge is 2.35. The topological polar surface area (TPSA) is 52.9 Å². The summed E-state index contributed by atoms with van der Waals surface area (Å²) in [4.78, 5) is 11.0. The molecule has 1 saturated heterocycles. The molecule has 1 unspecified atom stereocenters. The number of carbonyl (C=O) groups is 1. The van der Waals surface area contributed by atoms with Gasteiger partial charge in [-0.05, 0) is 19.8 Å². The Morgan fingerprint density at radius 1 is 1.80 bits per heavy atom. The minimum Gasteiger partial charge on any atom is -0.355 e. The summed E-state index contributed by atoms with van der Waals surface area (Å²) in [5.41, 5.74) is -0.766. The van der Waals surface area contributed by atoms with Crippen LogP contribution in [0.1, 0.15) is 19.8 Å². The van der Waals surface area contributed by atoms with Gasteiger partial charge in [-0.2, -0.15) is 5.26 Å². The number of nitrogens with one attached hydrogen (secondary N) is 1. The molecule has 0 aromatic heterocycles. The monoisotopic (exact) mass is 138 g/mol. The standard InChI is InChI=1S/C7H10N2O/c1-7(5-8)3-2-4-9-6(7)10/h2-4H2,1H3,(H,9,10). The molecule has 0 aromatic rings. The Kier molecular flexibility index (Phi) is 1.62. The quantitative estimate of drug-likeness (QED) is 0.527. The van der Waals surface area contributed by atoms with E-state index in [1.807, 2.05) is 6.07 Å². The Morgan fingerprint density at radius 2 is 2.50 bits per heavy atom. The fraction of sp³-hybridized carbons (Fsp3) is 0.714. The van der Waals surface area contributed by atoms with Gasteiger partial charge in [-0.1, -0.05) is 0 Å². The van der Waals surface area contributed by atoms with E-state index in [0.29, 0.717) is 6.42 Å². The van der Waals surface area contributed by atoms with Crippen LogP contribution in [0.4, 0.5) is 0 Å². The Bertz CT molecular complexity index is 194. The lowest BCUT2D eigenvalue weighted by Gasteiger charge is -2.25. The molecule has 1 fully saturated rings. The second kappa shape index (κ2) is 2.30. The van der Waals surface area contributed by atoms with E-state index < -0.39 is 5.41 Å². The van der Waals surface area contributed by atoms with Crippen molar-refractivity contribution in [3.8, 4) is 6.07 Å². The molecule has 1 atom stereocenters. The van der Waals surface area contributed by atoms with E-state index >= 15 is 0 Å². The van der Waals surface area contributed by atoms with E-state index in [2.05, 4.69) is 5.32 Å². The molecule has 0 bridgehead atoms. The number of nitriles is 1. The maximum atomic E-state index is 11.0. The minimum atomic E-state index is -0.766. The number of hydrogen-bond donors (Lipinski definition) is 1. The summed E-state index contributed by atoms with van der Waals surface area (Å²) in [6.07, 6.45) is 1.60. The van der Waals surface area contributed by atoms with E-state index in [4.69, 9.17) is 5.26 Å². The third-order valence-corrected chi connectivity index (χ3v) is 1.89. The summed E-state index contributed by atoms with van der Waals surface area (Å²) in [5, 5.41) is 11.3. The smallest absolute Gasteiger partial charge is 0.240 e. The highest BCUT2D eigenvalue weighted by atomic mass is 16.2. The number of nitrogens with zero attached hydrogens (tertiary/aromatic N) is 1. The fourth-order valence-corrected chi connectivity index (χ4v) is 1.06. The number of hydrogen-bond acceptors (Lipinski definition) is 2. The third kappa shape index (κ3) is 0.971. The van der Waals surface area contributed by atoms with Gasteiger partial charge in [-0.3, -0.25) is 4.79 Å². The van der Waals surface area contributed by atoms with Crippen molar-refractivity contribution in [2.24, 2.45) is 5.41 Å². The minimum absolute atomic E-state index is 0.124. The van der Waals surface area contributed by atoms with Gasteiger partial charge in [0.15, 0.2) is 0 Å². The summed E-state index contributed by atoms with van der Waals surface area (Å²) in [7, 11) is 0. The van der Waals surface area contributed by atoms with Crippen molar-refractivity contribution in [2.75, 3.05) is 6.54 Å². The average Bonchev–Trinajstić information content (AvgIpc) is 1.96. The zero-order valence-electron chi connectivity index (χ0n) is 5.98. The summed E-state index contributed by atoms with van der Waals surface area (Å²) in [5.74, 6) is -0.124. The molecule has 1 rings (SSSR count).